The molecule has 2 amide bonds. The standard InChI is InChI=1S/C15H24N4O2S/c1-10(2)18-5-6-19(13(8-18)15(21)16-4)14(20)7-12-9-22-11(3)17-12/h9-10,13H,5-8H2,1-4H3,(H,16,21). The number of aromatic nitrogens is 1. The van der Waals surface area contributed by atoms with Crippen molar-refractivity contribution in [1.29, 1.82) is 0 Å². The van der Waals surface area contributed by atoms with Gasteiger partial charge in [0.25, 0.3) is 0 Å². The molecule has 0 bridgehead atoms. The Labute approximate surface area is 135 Å². The van der Waals surface area contributed by atoms with Crippen LogP contribution in [0, 0.1) is 6.92 Å². The lowest BCUT2D eigenvalue weighted by atomic mass is 10.1. The Hall–Kier alpha value is -1.47. The highest BCUT2D eigenvalue weighted by molar-refractivity contribution is 7.09. The molecule has 1 aromatic rings. The number of hydrogen-bond acceptors (Lipinski definition) is 5. The fourth-order valence-corrected chi connectivity index (χ4v) is 3.32. The molecule has 1 fully saturated rings. The highest BCUT2D eigenvalue weighted by Gasteiger charge is 2.35. The number of nitrogens with one attached hydrogen (secondary N) is 1. The van der Waals surface area contributed by atoms with Gasteiger partial charge in [-0.25, -0.2) is 4.98 Å². The largest absolute Gasteiger partial charge is 0.357 e. The highest BCUT2D eigenvalue weighted by atomic mass is 32.1. The second-order valence-electron chi connectivity index (χ2n) is 5.84. The van der Waals surface area contributed by atoms with Gasteiger partial charge in [-0.3, -0.25) is 14.5 Å². The molecule has 6 nitrogen and oxygen atoms in total. The molecule has 0 aliphatic carbocycles. The SMILES string of the molecule is CNC(=O)C1CN(C(C)C)CCN1C(=O)Cc1csc(C)n1. The first kappa shape index (κ1) is 16.9. The first-order chi connectivity index (χ1) is 10.4. The van der Waals surface area contributed by atoms with Crippen molar-refractivity contribution in [2.75, 3.05) is 26.7 Å². The van der Waals surface area contributed by atoms with Gasteiger partial charge in [-0.2, -0.15) is 0 Å². The Morgan fingerprint density at radius 1 is 1.45 bits per heavy atom. The van der Waals surface area contributed by atoms with Gasteiger partial charge in [0.05, 0.1) is 17.1 Å². The number of thiazole rings is 1. The van der Waals surface area contributed by atoms with Crippen molar-refractivity contribution in [3.05, 3.63) is 16.1 Å². The van der Waals surface area contributed by atoms with Gasteiger partial charge < -0.3 is 10.2 Å². The summed E-state index contributed by atoms with van der Waals surface area (Å²) in [6, 6.07) is -0.0565. The van der Waals surface area contributed by atoms with Gasteiger partial charge in [0.15, 0.2) is 0 Å². The molecule has 2 rings (SSSR count). The van der Waals surface area contributed by atoms with Crippen molar-refractivity contribution in [2.45, 2.75) is 39.3 Å². The summed E-state index contributed by atoms with van der Waals surface area (Å²) in [5.74, 6) is -0.129. The monoisotopic (exact) mass is 324 g/mol. The zero-order valence-corrected chi connectivity index (χ0v) is 14.4. The van der Waals surface area contributed by atoms with Crippen molar-refractivity contribution in [1.82, 2.24) is 20.1 Å². The fraction of sp³-hybridized carbons (Fsp3) is 0.667. The number of amides is 2. The van der Waals surface area contributed by atoms with E-state index in [2.05, 4.69) is 29.0 Å². The van der Waals surface area contributed by atoms with Crippen LogP contribution in [0.15, 0.2) is 5.38 Å². The van der Waals surface area contributed by atoms with Crippen molar-refractivity contribution >= 4 is 23.2 Å². The number of aryl methyl sites for hydroxylation is 1. The molecule has 1 saturated heterocycles. The predicted octanol–water partition coefficient (Wildman–Crippen LogP) is 0.661. The third kappa shape index (κ3) is 3.84. The van der Waals surface area contributed by atoms with Crippen LogP contribution in [0.1, 0.15) is 24.5 Å². The zero-order chi connectivity index (χ0) is 16.3. The Morgan fingerprint density at radius 3 is 2.73 bits per heavy atom. The molecule has 0 saturated carbocycles. The van der Waals surface area contributed by atoms with E-state index in [1.807, 2.05) is 12.3 Å². The molecule has 1 aliphatic rings. The van der Waals surface area contributed by atoms with Gasteiger partial charge >= 0.3 is 0 Å². The minimum absolute atomic E-state index is 0.0256. The first-order valence-corrected chi connectivity index (χ1v) is 8.46. The molecule has 7 heteroatoms. The molecule has 0 aromatic carbocycles. The van der Waals surface area contributed by atoms with Gasteiger partial charge in [-0.15, -0.1) is 11.3 Å². The predicted molar refractivity (Wildman–Crippen MR) is 86.8 cm³/mol. The summed E-state index contributed by atoms with van der Waals surface area (Å²) in [4.78, 5) is 33.0. The van der Waals surface area contributed by atoms with E-state index in [-0.39, 0.29) is 18.2 Å². The lowest BCUT2D eigenvalue weighted by Crippen LogP contribution is -2.61. The minimum Gasteiger partial charge on any atom is -0.357 e. The van der Waals surface area contributed by atoms with Crippen molar-refractivity contribution in [3.63, 3.8) is 0 Å². The maximum atomic E-state index is 12.6. The fourth-order valence-electron chi connectivity index (χ4n) is 2.71. The molecular weight excluding hydrogens is 300 g/mol. The molecule has 1 atom stereocenters. The number of carbonyl (C=O) groups is 2. The number of piperazine rings is 1. The molecule has 0 spiro atoms. The molecule has 0 radical (unpaired) electrons. The average Bonchev–Trinajstić information content (AvgIpc) is 2.90. The topological polar surface area (TPSA) is 65.5 Å². The van der Waals surface area contributed by atoms with E-state index in [1.165, 1.54) is 11.3 Å². The van der Waals surface area contributed by atoms with Crippen LogP contribution >= 0.6 is 11.3 Å². The van der Waals surface area contributed by atoms with Gasteiger partial charge in [0.1, 0.15) is 6.04 Å². The Morgan fingerprint density at radius 2 is 2.18 bits per heavy atom. The van der Waals surface area contributed by atoms with Crippen molar-refractivity contribution in [2.24, 2.45) is 0 Å². The molecule has 22 heavy (non-hydrogen) atoms. The van der Waals surface area contributed by atoms with E-state index in [4.69, 9.17) is 0 Å². The number of nitrogens with zero attached hydrogens (tertiary/aromatic N) is 3. The van der Waals surface area contributed by atoms with Gasteiger partial charge in [-0.05, 0) is 20.8 Å². The van der Waals surface area contributed by atoms with Gasteiger partial charge in [0, 0.05) is 38.1 Å². The number of likely N-dealkylation sites (N-methyl/N-ethyl adjacent to an activating group) is 1. The third-order valence-corrected chi connectivity index (χ3v) is 4.83. The van der Waals surface area contributed by atoms with Crippen LogP contribution in [0.25, 0.3) is 0 Å². The zero-order valence-electron chi connectivity index (χ0n) is 13.6. The lowest BCUT2D eigenvalue weighted by molar-refractivity contribution is -0.143. The van der Waals surface area contributed by atoms with Crippen LogP contribution < -0.4 is 5.32 Å². The van der Waals surface area contributed by atoms with Crippen LogP contribution in [-0.4, -0.2) is 65.4 Å². The summed E-state index contributed by atoms with van der Waals surface area (Å²) in [5.41, 5.74) is 0.787. The Bertz CT molecular complexity index is 543. The molecule has 1 aliphatic heterocycles. The van der Waals surface area contributed by atoms with Gasteiger partial charge in [-0.1, -0.05) is 0 Å². The highest BCUT2D eigenvalue weighted by Crippen LogP contribution is 2.16. The molecule has 1 unspecified atom stereocenters. The van der Waals surface area contributed by atoms with E-state index < -0.39 is 6.04 Å². The summed E-state index contributed by atoms with van der Waals surface area (Å²) in [7, 11) is 1.61. The van der Waals surface area contributed by atoms with E-state index in [9.17, 15) is 9.59 Å². The van der Waals surface area contributed by atoms with E-state index in [0.29, 0.717) is 19.1 Å². The van der Waals surface area contributed by atoms with Crippen molar-refractivity contribution in [3.8, 4) is 0 Å². The van der Waals surface area contributed by atoms with Crippen LogP contribution in [-0.2, 0) is 16.0 Å². The molecule has 1 N–H and O–H groups in total. The number of hydrogen-bond donors (Lipinski definition) is 1. The lowest BCUT2D eigenvalue weighted by Gasteiger charge is -2.42. The average molecular weight is 324 g/mol. The van der Waals surface area contributed by atoms with Crippen LogP contribution in [0.2, 0.25) is 0 Å². The van der Waals surface area contributed by atoms with Crippen LogP contribution in [0.5, 0.6) is 0 Å². The normalized spacial score (nSPS) is 19.5. The van der Waals surface area contributed by atoms with Crippen LogP contribution in [0.3, 0.4) is 0 Å². The second-order valence-corrected chi connectivity index (χ2v) is 6.90. The summed E-state index contributed by atoms with van der Waals surface area (Å²) < 4.78 is 0. The summed E-state index contributed by atoms with van der Waals surface area (Å²) in [5, 5.41) is 5.54. The smallest absolute Gasteiger partial charge is 0.243 e. The van der Waals surface area contributed by atoms with E-state index in [1.54, 1.807) is 11.9 Å². The summed E-state index contributed by atoms with van der Waals surface area (Å²) >= 11 is 1.54. The Balaban J connectivity index is 2.09. The van der Waals surface area contributed by atoms with E-state index >= 15 is 0 Å². The van der Waals surface area contributed by atoms with E-state index in [0.717, 1.165) is 17.2 Å². The Kier molecular flexibility index (Phi) is 5.52. The molecule has 2 heterocycles. The maximum Gasteiger partial charge on any atom is 0.243 e. The number of rotatable bonds is 4. The quantitative estimate of drug-likeness (QED) is 0.884. The van der Waals surface area contributed by atoms with Gasteiger partial charge in [0.2, 0.25) is 11.8 Å². The number of carbonyl (C=O) groups excluding carboxylic acids is 2. The summed E-state index contributed by atoms with van der Waals surface area (Å²) in [6.45, 7) is 8.10. The van der Waals surface area contributed by atoms with Crippen molar-refractivity contribution < 1.29 is 9.59 Å². The molecule has 122 valence electrons. The maximum absolute atomic E-state index is 12.6. The van der Waals surface area contributed by atoms with Crippen LogP contribution in [0.4, 0.5) is 0 Å². The third-order valence-electron chi connectivity index (χ3n) is 4.01. The second kappa shape index (κ2) is 7.19. The molecule has 1 aromatic heterocycles. The first-order valence-electron chi connectivity index (χ1n) is 7.58. The minimum atomic E-state index is -0.423. The summed E-state index contributed by atoms with van der Waals surface area (Å²) in [6.07, 6.45) is 0.263. The molecular formula is C15H24N4O2S.